The molecule has 0 heterocycles. The molecular weight excluding hydrogens is 172 g/mol. The monoisotopic (exact) mass is 178 g/mol. The van der Waals surface area contributed by atoms with Gasteiger partial charge in [0.25, 0.3) is 5.69 Å². The Kier molecular flexibility index (Phi) is 2.49. The van der Waals surface area contributed by atoms with Crippen LogP contribution in [0.5, 0.6) is 0 Å². The van der Waals surface area contributed by atoms with Crippen LogP contribution in [0.3, 0.4) is 0 Å². The zero-order valence-electron chi connectivity index (χ0n) is 6.64. The lowest BCUT2D eigenvalue weighted by Crippen LogP contribution is -1.87. The van der Waals surface area contributed by atoms with E-state index < -0.39 is 4.92 Å². The van der Waals surface area contributed by atoms with Crippen molar-refractivity contribution in [3.05, 3.63) is 51.4 Å². The molecule has 0 bridgehead atoms. The largest absolute Gasteiger partial charge is 0.269 e. The maximum absolute atomic E-state index is 10.2. The molecule has 66 valence electrons. The van der Waals surface area contributed by atoms with E-state index in [1.54, 1.807) is 0 Å². The first kappa shape index (κ1) is 9.05. The highest BCUT2D eigenvalue weighted by Gasteiger charge is 2.05. The van der Waals surface area contributed by atoms with Crippen LogP contribution in [0.4, 0.5) is 5.69 Å². The van der Waals surface area contributed by atoms with E-state index >= 15 is 0 Å². The Balaban J connectivity index is 3.00. The van der Waals surface area contributed by atoms with Gasteiger partial charge in [0, 0.05) is 17.7 Å². The zero-order chi connectivity index (χ0) is 9.84. The van der Waals surface area contributed by atoms with E-state index in [4.69, 9.17) is 0 Å². The van der Waals surface area contributed by atoms with Crippen LogP contribution < -0.4 is 0 Å². The van der Waals surface area contributed by atoms with Crippen molar-refractivity contribution in [3.63, 3.8) is 0 Å². The molecule has 0 unspecified atom stereocenters. The summed E-state index contributed by atoms with van der Waals surface area (Å²) in [6.45, 7) is 3.37. The summed E-state index contributed by atoms with van der Waals surface area (Å²) in [6, 6.07) is 5.46. The maximum Gasteiger partial charge on any atom is 0.269 e. The minimum absolute atomic E-state index is 0.0255. The van der Waals surface area contributed by atoms with E-state index in [1.807, 2.05) is 0 Å². The molecule has 0 aromatic heterocycles. The van der Waals surface area contributed by atoms with Crippen molar-refractivity contribution in [2.24, 2.45) is 5.18 Å². The van der Waals surface area contributed by atoms with Gasteiger partial charge >= 0.3 is 0 Å². The third-order valence-electron chi connectivity index (χ3n) is 1.52. The Labute approximate surface area is 73.8 Å². The highest BCUT2D eigenvalue weighted by molar-refractivity contribution is 5.62. The predicted octanol–water partition coefficient (Wildman–Crippen LogP) is 2.33. The molecule has 5 heteroatoms. The minimum atomic E-state index is -0.513. The van der Waals surface area contributed by atoms with Crippen molar-refractivity contribution in [1.29, 1.82) is 0 Å². The summed E-state index contributed by atoms with van der Waals surface area (Å²) in [7, 11) is 0. The van der Waals surface area contributed by atoms with Crippen LogP contribution in [0.15, 0.2) is 36.0 Å². The van der Waals surface area contributed by atoms with E-state index in [0.717, 1.165) is 0 Å². The molecule has 0 atom stereocenters. The summed E-state index contributed by atoms with van der Waals surface area (Å²) < 4.78 is 0. The normalized spacial score (nSPS) is 9.23. The number of nitro groups is 1. The predicted molar refractivity (Wildman–Crippen MR) is 47.9 cm³/mol. The van der Waals surface area contributed by atoms with Crippen LogP contribution in [-0.4, -0.2) is 4.92 Å². The van der Waals surface area contributed by atoms with Gasteiger partial charge in [0.15, 0.2) is 0 Å². The van der Waals surface area contributed by atoms with E-state index in [2.05, 4.69) is 11.8 Å². The van der Waals surface area contributed by atoms with Crippen LogP contribution in [0.1, 0.15) is 5.56 Å². The Morgan fingerprint density at radius 3 is 2.31 bits per heavy atom. The van der Waals surface area contributed by atoms with Gasteiger partial charge in [0.1, 0.15) is 5.70 Å². The molecule has 0 N–H and O–H groups in total. The van der Waals surface area contributed by atoms with Gasteiger partial charge in [-0.2, -0.15) is 0 Å². The van der Waals surface area contributed by atoms with Gasteiger partial charge in [-0.25, -0.2) is 0 Å². The van der Waals surface area contributed by atoms with Crippen molar-refractivity contribution >= 4 is 11.4 Å². The molecule has 0 spiro atoms. The Morgan fingerprint density at radius 2 is 1.92 bits per heavy atom. The lowest BCUT2D eigenvalue weighted by atomic mass is 10.2. The summed E-state index contributed by atoms with van der Waals surface area (Å²) >= 11 is 0. The Hall–Kier alpha value is -2.04. The first-order valence-electron chi connectivity index (χ1n) is 3.42. The number of benzene rings is 1. The van der Waals surface area contributed by atoms with Gasteiger partial charge in [-0.15, -0.1) is 4.91 Å². The fourth-order valence-electron chi connectivity index (χ4n) is 0.828. The molecule has 0 amide bonds. The van der Waals surface area contributed by atoms with Crippen molar-refractivity contribution in [3.8, 4) is 0 Å². The molecule has 1 rings (SSSR count). The van der Waals surface area contributed by atoms with Crippen LogP contribution in [0.25, 0.3) is 5.70 Å². The fraction of sp³-hybridized carbons (Fsp3) is 0. The van der Waals surface area contributed by atoms with Gasteiger partial charge in [-0.3, -0.25) is 10.1 Å². The second-order valence-corrected chi connectivity index (χ2v) is 2.34. The summed E-state index contributed by atoms with van der Waals surface area (Å²) in [4.78, 5) is 19.8. The number of rotatable bonds is 3. The number of nitro benzene ring substituents is 1. The molecule has 0 aliphatic carbocycles. The second kappa shape index (κ2) is 3.57. The van der Waals surface area contributed by atoms with Crippen molar-refractivity contribution in [2.75, 3.05) is 0 Å². The number of hydrogen-bond acceptors (Lipinski definition) is 4. The Bertz CT molecular complexity index is 356. The van der Waals surface area contributed by atoms with Gasteiger partial charge < -0.3 is 0 Å². The molecule has 1 aromatic carbocycles. The SMILES string of the molecule is C=C(N=O)c1ccc([N+](=O)[O-])cc1. The van der Waals surface area contributed by atoms with Crippen molar-refractivity contribution in [1.82, 2.24) is 0 Å². The van der Waals surface area contributed by atoms with Gasteiger partial charge in [0.05, 0.1) is 4.92 Å². The standard InChI is InChI=1S/C8H6N2O3/c1-6(9-11)7-2-4-8(5-3-7)10(12)13/h2-5H,1H2. The third kappa shape index (κ3) is 1.96. The molecule has 0 saturated carbocycles. The van der Waals surface area contributed by atoms with Gasteiger partial charge in [0.2, 0.25) is 0 Å². The number of nitroso groups, excluding NO2 is 1. The minimum Gasteiger partial charge on any atom is -0.258 e. The Morgan fingerprint density at radius 1 is 1.38 bits per heavy atom. The number of hydrogen-bond donors (Lipinski definition) is 0. The summed E-state index contributed by atoms with van der Waals surface area (Å²) in [5, 5.41) is 12.9. The van der Waals surface area contributed by atoms with E-state index in [9.17, 15) is 15.0 Å². The zero-order valence-corrected chi connectivity index (χ0v) is 6.64. The molecule has 13 heavy (non-hydrogen) atoms. The fourth-order valence-corrected chi connectivity index (χ4v) is 0.828. The van der Waals surface area contributed by atoms with Crippen LogP contribution in [0.2, 0.25) is 0 Å². The highest BCUT2D eigenvalue weighted by atomic mass is 16.6. The maximum atomic E-state index is 10.2. The molecule has 0 saturated heterocycles. The van der Waals surface area contributed by atoms with Crippen molar-refractivity contribution < 1.29 is 4.92 Å². The molecule has 0 aliphatic heterocycles. The van der Waals surface area contributed by atoms with E-state index in [1.165, 1.54) is 24.3 Å². The average molecular weight is 178 g/mol. The quantitative estimate of drug-likeness (QED) is 0.405. The van der Waals surface area contributed by atoms with Crippen LogP contribution in [0, 0.1) is 15.0 Å². The highest BCUT2D eigenvalue weighted by Crippen LogP contribution is 2.17. The molecule has 0 radical (unpaired) electrons. The third-order valence-corrected chi connectivity index (χ3v) is 1.52. The lowest BCUT2D eigenvalue weighted by molar-refractivity contribution is -0.384. The molecule has 5 nitrogen and oxygen atoms in total. The van der Waals surface area contributed by atoms with Crippen LogP contribution in [-0.2, 0) is 0 Å². The van der Waals surface area contributed by atoms with Gasteiger partial charge in [-0.1, -0.05) is 6.58 Å². The first-order chi connectivity index (χ1) is 6.15. The second-order valence-electron chi connectivity index (χ2n) is 2.34. The molecular formula is C8H6N2O3. The topological polar surface area (TPSA) is 72.6 Å². The summed E-state index contributed by atoms with van der Waals surface area (Å²) in [6.07, 6.45) is 0. The molecule has 0 fully saturated rings. The average Bonchev–Trinajstić information content (AvgIpc) is 2.17. The molecule has 0 aliphatic rings. The number of nitrogens with zero attached hydrogens (tertiary/aromatic N) is 2. The summed E-state index contributed by atoms with van der Waals surface area (Å²) in [5.74, 6) is 0. The van der Waals surface area contributed by atoms with E-state index in [0.29, 0.717) is 5.56 Å². The lowest BCUT2D eigenvalue weighted by Gasteiger charge is -1.95. The van der Waals surface area contributed by atoms with E-state index in [-0.39, 0.29) is 11.4 Å². The summed E-state index contributed by atoms with van der Waals surface area (Å²) in [5.41, 5.74) is 0.526. The molecule has 1 aromatic rings. The van der Waals surface area contributed by atoms with Crippen LogP contribution >= 0.6 is 0 Å². The number of non-ortho nitro benzene ring substituents is 1. The smallest absolute Gasteiger partial charge is 0.258 e. The first-order valence-corrected chi connectivity index (χ1v) is 3.42. The van der Waals surface area contributed by atoms with Crippen molar-refractivity contribution in [2.45, 2.75) is 0 Å². The van der Waals surface area contributed by atoms with Gasteiger partial charge in [-0.05, 0) is 17.3 Å².